The molecule has 2 aromatic rings. The quantitative estimate of drug-likeness (QED) is 0.329. The molecular formula is C19H20N2O4S. The lowest BCUT2D eigenvalue weighted by atomic mass is 9.88. The van der Waals surface area contributed by atoms with E-state index in [1.807, 2.05) is 0 Å². The van der Waals surface area contributed by atoms with Gasteiger partial charge in [-0.25, -0.2) is 9.79 Å². The van der Waals surface area contributed by atoms with Gasteiger partial charge in [-0.1, -0.05) is 6.92 Å². The highest BCUT2D eigenvalue weighted by atomic mass is 32.1. The third-order valence-corrected chi connectivity index (χ3v) is 5.57. The number of esters is 1. The Hall–Kier alpha value is -2.54. The fourth-order valence-corrected chi connectivity index (χ4v) is 4.40. The van der Waals surface area contributed by atoms with Crippen LogP contribution in [-0.2, 0) is 17.6 Å². The van der Waals surface area contributed by atoms with Gasteiger partial charge < -0.3 is 4.74 Å². The van der Waals surface area contributed by atoms with Crippen molar-refractivity contribution in [3.8, 4) is 0 Å². The number of carbonyl (C=O) groups is 1. The van der Waals surface area contributed by atoms with Crippen molar-refractivity contribution >= 4 is 34.2 Å². The first-order valence-corrected chi connectivity index (χ1v) is 9.41. The zero-order valence-electron chi connectivity index (χ0n) is 14.7. The van der Waals surface area contributed by atoms with E-state index in [0.717, 1.165) is 30.4 Å². The number of non-ortho nitro benzene ring substituents is 1. The van der Waals surface area contributed by atoms with Crippen LogP contribution in [0.5, 0.6) is 0 Å². The van der Waals surface area contributed by atoms with Gasteiger partial charge in [0.1, 0.15) is 5.00 Å². The molecule has 0 radical (unpaired) electrons. The molecule has 1 aliphatic carbocycles. The normalized spacial score (nSPS) is 16.5. The van der Waals surface area contributed by atoms with Gasteiger partial charge in [0.2, 0.25) is 0 Å². The van der Waals surface area contributed by atoms with Gasteiger partial charge in [0.25, 0.3) is 5.69 Å². The summed E-state index contributed by atoms with van der Waals surface area (Å²) >= 11 is 1.54. The van der Waals surface area contributed by atoms with Crippen molar-refractivity contribution in [2.45, 2.75) is 33.1 Å². The number of nitrogens with zero attached hydrogens (tertiary/aromatic N) is 2. The predicted octanol–water partition coefficient (Wildman–Crippen LogP) is 4.71. The van der Waals surface area contributed by atoms with E-state index in [0.29, 0.717) is 23.1 Å². The molecule has 0 spiro atoms. The van der Waals surface area contributed by atoms with Crippen LogP contribution in [0.25, 0.3) is 0 Å². The molecule has 0 saturated heterocycles. The van der Waals surface area contributed by atoms with Crippen molar-refractivity contribution in [2.24, 2.45) is 10.9 Å². The van der Waals surface area contributed by atoms with E-state index in [2.05, 4.69) is 11.9 Å². The van der Waals surface area contributed by atoms with Crippen LogP contribution in [0.4, 0.5) is 10.7 Å². The first kappa shape index (κ1) is 18.3. The van der Waals surface area contributed by atoms with Crippen LogP contribution >= 0.6 is 11.3 Å². The monoisotopic (exact) mass is 372 g/mol. The van der Waals surface area contributed by atoms with E-state index in [-0.39, 0.29) is 11.7 Å². The lowest BCUT2D eigenvalue weighted by Gasteiger charge is -2.18. The minimum absolute atomic E-state index is 0.0370. The highest BCUT2D eigenvalue weighted by Crippen LogP contribution is 2.41. The van der Waals surface area contributed by atoms with Crippen molar-refractivity contribution in [1.29, 1.82) is 0 Å². The van der Waals surface area contributed by atoms with E-state index >= 15 is 0 Å². The van der Waals surface area contributed by atoms with Crippen molar-refractivity contribution in [2.75, 3.05) is 6.61 Å². The van der Waals surface area contributed by atoms with Gasteiger partial charge >= 0.3 is 5.97 Å². The topological polar surface area (TPSA) is 81.8 Å². The number of nitro benzene ring substituents is 1. The lowest BCUT2D eigenvalue weighted by molar-refractivity contribution is -0.384. The molecule has 136 valence electrons. The Bertz CT molecular complexity index is 855. The van der Waals surface area contributed by atoms with Gasteiger partial charge in [0.05, 0.1) is 17.1 Å². The van der Waals surface area contributed by atoms with Crippen molar-refractivity contribution < 1.29 is 14.5 Å². The minimum atomic E-state index is -0.436. The second-order valence-corrected chi connectivity index (χ2v) is 7.44. The molecule has 3 rings (SSSR count). The summed E-state index contributed by atoms with van der Waals surface area (Å²) in [7, 11) is 0. The summed E-state index contributed by atoms with van der Waals surface area (Å²) in [6, 6.07) is 6.16. The minimum Gasteiger partial charge on any atom is -0.462 e. The SMILES string of the molecule is CCOC(=O)c1c(/N=C/c2ccc([N+](=O)[O-])cc2)sc2c1CCC(C)C2. The van der Waals surface area contributed by atoms with Gasteiger partial charge in [-0.15, -0.1) is 11.3 Å². The molecule has 1 atom stereocenters. The van der Waals surface area contributed by atoms with Gasteiger partial charge in [-0.3, -0.25) is 10.1 Å². The maximum Gasteiger partial charge on any atom is 0.341 e. The van der Waals surface area contributed by atoms with Gasteiger partial charge in [0, 0.05) is 23.2 Å². The number of aliphatic imine (C=N–C) groups is 1. The Balaban J connectivity index is 1.93. The molecule has 0 fully saturated rings. The number of benzene rings is 1. The fourth-order valence-electron chi connectivity index (χ4n) is 3.06. The molecule has 1 heterocycles. The van der Waals surface area contributed by atoms with E-state index in [9.17, 15) is 14.9 Å². The molecule has 1 aliphatic rings. The van der Waals surface area contributed by atoms with Crippen molar-refractivity contribution in [3.63, 3.8) is 0 Å². The number of hydrogen-bond donors (Lipinski definition) is 0. The summed E-state index contributed by atoms with van der Waals surface area (Å²) in [5, 5.41) is 11.4. The average molecular weight is 372 g/mol. The third-order valence-electron chi connectivity index (χ3n) is 4.41. The van der Waals surface area contributed by atoms with Gasteiger partial charge in [-0.05, 0) is 55.4 Å². The summed E-state index contributed by atoms with van der Waals surface area (Å²) in [4.78, 5) is 28.5. The predicted molar refractivity (Wildman–Crippen MR) is 102 cm³/mol. The van der Waals surface area contributed by atoms with E-state index in [1.54, 1.807) is 36.6 Å². The maximum atomic E-state index is 12.4. The Labute approximate surface area is 155 Å². The fraction of sp³-hybridized carbons (Fsp3) is 0.368. The molecule has 0 bridgehead atoms. The molecule has 26 heavy (non-hydrogen) atoms. The standard InChI is InChI=1S/C19H20N2O4S/c1-3-25-19(22)17-15-9-4-12(2)10-16(15)26-18(17)20-11-13-5-7-14(8-6-13)21(23)24/h5-8,11-12H,3-4,9-10H2,1-2H3/b20-11+. The first-order valence-electron chi connectivity index (χ1n) is 8.59. The Kier molecular flexibility index (Phi) is 5.46. The van der Waals surface area contributed by atoms with Crippen molar-refractivity contribution in [3.05, 3.63) is 55.9 Å². The number of carbonyl (C=O) groups excluding carboxylic acids is 1. The number of thiophene rings is 1. The second kappa shape index (κ2) is 7.78. The molecule has 0 N–H and O–H groups in total. The number of hydrogen-bond acceptors (Lipinski definition) is 6. The molecular weight excluding hydrogens is 352 g/mol. The molecule has 1 unspecified atom stereocenters. The average Bonchev–Trinajstić information content (AvgIpc) is 2.98. The highest BCUT2D eigenvalue weighted by molar-refractivity contribution is 7.16. The van der Waals surface area contributed by atoms with Crippen LogP contribution in [0, 0.1) is 16.0 Å². The smallest absolute Gasteiger partial charge is 0.341 e. The first-order chi connectivity index (χ1) is 12.5. The maximum absolute atomic E-state index is 12.4. The van der Waals surface area contributed by atoms with Crippen LogP contribution in [0.2, 0.25) is 0 Å². The van der Waals surface area contributed by atoms with Gasteiger partial charge in [-0.2, -0.15) is 0 Å². The number of fused-ring (bicyclic) bond motifs is 1. The van der Waals surface area contributed by atoms with Gasteiger partial charge in [0.15, 0.2) is 0 Å². The van der Waals surface area contributed by atoms with Crippen LogP contribution < -0.4 is 0 Å². The van der Waals surface area contributed by atoms with E-state index in [1.165, 1.54) is 17.0 Å². The molecule has 6 nitrogen and oxygen atoms in total. The second-order valence-electron chi connectivity index (χ2n) is 6.36. The van der Waals surface area contributed by atoms with Crippen LogP contribution in [-0.4, -0.2) is 23.7 Å². The molecule has 0 aliphatic heterocycles. The summed E-state index contributed by atoms with van der Waals surface area (Å²) in [6.07, 6.45) is 4.52. The zero-order chi connectivity index (χ0) is 18.7. The molecule has 1 aromatic heterocycles. The highest BCUT2D eigenvalue weighted by Gasteiger charge is 2.28. The summed E-state index contributed by atoms with van der Waals surface area (Å²) in [5.74, 6) is 0.276. The third kappa shape index (κ3) is 3.83. The zero-order valence-corrected chi connectivity index (χ0v) is 15.5. The van der Waals surface area contributed by atoms with Crippen LogP contribution in [0.1, 0.15) is 46.6 Å². The van der Waals surface area contributed by atoms with Crippen LogP contribution in [0.15, 0.2) is 29.3 Å². The molecule has 7 heteroatoms. The summed E-state index contributed by atoms with van der Waals surface area (Å²) < 4.78 is 5.23. The number of nitro groups is 1. The lowest BCUT2D eigenvalue weighted by Crippen LogP contribution is -2.13. The molecule has 0 saturated carbocycles. The Morgan fingerprint density at radius 1 is 1.42 bits per heavy atom. The Morgan fingerprint density at radius 3 is 2.81 bits per heavy atom. The van der Waals surface area contributed by atoms with Crippen molar-refractivity contribution in [1.82, 2.24) is 0 Å². The van der Waals surface area contributed by atoms with Crippen LogP contribution in [0.3, 0.4) is 0 Å². The Morgan fingerprint density at radius 2 is 2.15 bits per heavy atom. The summed E-state index contributed by atoms with van der Waals surface area (Å²) in [6.45, 7) is 4.33. The van der Waals surface area contributed by atoms with E-state index < -0.39 is 4.92 Å². The number of rotatable bonds is 5. The molecule has 1 aromatic carbocycles. The number of ether oxygens (including phenoxy) is 1. The summed E-state index contributed by atoms with van der Waals surface area (Å²) in [5.41, 5.74) is 2.43. The van der Waals surface area contributed by atoms with E-state index in [4.69, 9.17) is 4.74 Å². The molecule has 0 amide bonds. The largest absolute Gasteiger partial charge is 0.462 e.